The van der Waals surface area contributed by atoms with E-state index in [0.717, 1.165) is 11.1 Å². The van der Waals surface area contributed by atoms with Crippen LogP contribution in [0.2, 0.25) is 0 Å². The van der Waals surface area contributed by atoms with E-state index in [1.165, 1.54) is 6.08 Å². The summed E-state index contributed by atoms with van der Waals surface area (Å²) in [5, 5.41) is 2.90. The van der Waals surface area contributed by atoms with E-state index in [1.54, 1.807) is 35.1 Å². The fourth-order valence-electron chi connectivity index (χ4n) is 2.51. The number of hydrogen-bond donors (Lipinski definition) is 1. The van der Waals surface area contributed by atoms with Crippen LogP contribution in [0.3, 0.4) is 0 Å². The molecule has 2 amide bonds. The average Bonchev–Trinajstić information content (AvgIpc) is 3.16. The number of amides is 2. The number of pyridine rings is 1. The molecule has 0 spiro atoms. The summed E-state index contributed by atoms with van der Waals surface area (Å²) >= 11 is 1.59. The molecule has 1 saturated heterocycles. The smallest absolute Gasteiger partial charge is 0.247 e. The van der Waals surface area contributed by atoms with Crippen LogP contribution in [0, 0.1) is 0 Å². The van der Waals surface area contributed by atoms with Crippen molar-refractivity contribution in [3.05, 3.63) is 72.1 Å². The largest absolute Gasteiger partial charge is 0.350 e. The maximum absolute atomic E-state index is 12.4. The molecule has 1 N–H and O–H groups in total. The lowest BCUT2D eigenvalue weighted by atomic mass is 10.2. The van der Waals surface area contributed by atoms with Gasteiger partial charge in [-0.15, -0.1) is 11.8 Å². The fourth-order valence-corrected chi connectivity index (χ4v) is 3.68. The molecule has 5 nitrogen and oxygen atoms in total. The Morgan fingerprint density at radius 3 is 2.72 bits per heavy atom. The molecule has 1 unspecified atom stereocenters. The first-order chi connectivity index (χ1) is 12.2. The van der Waals surface area contributed by atoms with Crippen molar-refractivity contribution < 1.29 is 9.59 Å². The second-order valence-corrected chi connectivity index (χ2v) is 6.64. The third kappa shape index (κ3) is 4.70. The Bertz CT molecular complexity index is 750. The summed E-state index contributed by atoms with van der Waals surface area (Å²) in [5.41, 5.74) is 1.94. The van der Waals surface area contributed by atoms with Gasteiger partial charge in [0.1, 0.15) is 6.04 Å². The predicted octanol–water partition coefficient (Wildman–Crippen LogP) is 2.31. The van der Waals surface area contributed by atoms with E-state index in [4.69, 9.17) is 0 Å². The van der Waals surface area contributed by atoms with Gasteiger partial charge in [0.05, 0.1) is 5.88 Å². The molecule has 1 aliphatic heterocycles. The maximum atomic E-state index is 12.4. The zero-order valence-electron chi connectivity index (χ0n) is 13.7. The van der Waals surface area contributed by atoms with Crippen molar-refractivity contribution in [1.82, 2.24) is 15.2 Å². The molecule has 1 fully saturated rings. The number of nitrogens with one attached hydrogen (secondary N) is 1. The molecular formula is C19H19N3O2S. The van der Waals surface area contributed by atoms with Gasteiger partial charge in [-0.1, -0.05) is 30.3 Å². The molecule has 1 aromatic carbocycles. The Hall–Kier alpha value is -2.60. The van der Waals surface area contributed by atoms with Crippen LogP contribution in [-0.2, 0) is 16.1 Å². The average molecular weight is 353 g/mol. The van der Waals surface area contributed by atoms with Crippen molar-refractivity contribution in [1.29, 1.82) is 0 Å². The van der Waals surface area contributed by atoms with Crippen LogP contribution in [0.1, 0.15) is 11.1 Å². The highest BCUT2D eigenvalue weighted by Crippen LogP contribution is 2.21. The summed E-state index contributed by atoms with van der Waals surface area (Å²) in [4.78, 5) is 30.5. The first-order valence-corrected chi connectivity index (χ1v) is 9.17. The lowest BCUT2D eigenvalue weighted by molar-refractivity contribution is -0.134. The minimum atomic E-state index is -0.431. The number of rotatable bonds is 5. The van der Waals surface area contributed by atoms with Crippen molar-refractivity contribution >= 4 is 29.7 Å². The van der Waals surface area contributed by atoms with Gasteiger partial charge in [0.15, 0.2) is 0 Å². The molecule has 128 valence electrons. The monoisotopic (exact) mass is 353 g/mol. The highest BCUT2D eigenvalue weighted by molar-refractivity contribution is 7.99. The fraction of sp³-hybridized carbons (Fsp3) is 0.211. The number of aromatic nitrogens is 1. The number of carbonyl (C=O) groups excluding carboxylic acids is 2. The van der Waals surface area contributed by atoms with Gasteiger partial charge in [-0.3, -0.25) is 14.6 Å². The van der Waals surface area contributed by atoms with Gasteiger partial charge in [0, 0.05) is 30.8 Å². The van der Waals surface area contributed by atoms with Crippen LogP contribution in [0.5, 0.6) is 0 Å². The third-order valence-electron chi connectivity index (χ3n) is 3.90. The van der Waals surface area contributed by atoms with Crippen molar-refractivity contribution in [3.63, 3.8) is 0 Å². The van der Waals surface area contributed by atoms with E-state index in [-0.39, 0.29) is 11.8 Å². The van der Waals surface area contributed by atoms with Gasteiger partial charge >= 0.3 is 0 Å². The summed E-state index contributed by atoms with van der Waals surface area (Å²) in [7, 11) is 0. The van der Waals surface area contributed by atoms with Gasteiger partial charge in [0.2, 0.25) is 11.8 Å². The molecular weight excluding hydrogens is 334 g/mol. The molecule has 1 aromatic heterocycles. The molecule has 1 atom stereocenters. The number of carbonyl (C=O) groups is 2. The lowest BCUT2D eigenvalue weighted by Crippen LogP contribution is -2.46. The summed E-state index contributed by atoms with van der Waals surface area (Å²) in [6.45, 7) is 0.435. The summed E-state index contributed by atoms with van der Waals surface area (Å²) in [6, 6.07) is 12.9. The van der Waals surface area contributed by atoms with Crippen molar-refractivity contribution in [2.24, 2.45) is 0 Å². The van der Waals surface area contributed by atoms with E-state index >= 15 is 0 Å². The molecule has 25 heavy (non-hydrogen) atoms. The Morgan fingerprint density at radius 2 is 1.96 bits per heavy atom. The molecule has 0 radical (unpaired) electrons. The van der Waals surface area contributed by atoms with Crippen LogP contribution < -0.4 is 5.32 Å². The molecule has 2 heterocycles. The SMILES string of the molecule is O=C(NCc1ccncc1)C1CSCN1C(=O)C=Cc1ccccc1. The van der Waals surface area contributed by atoms with Crippen molar-refractivity contribution in [3.8, 4) is 0 Å². The Balaban J connectivity index is 1.58. The number of thioether (sulfide) groups is 1. The zero-order valence-corrected chi connectivity index (χ0v) is 14.5. The second-order valence-electron chi connectivity index (χ2n) is 5.64. The number of nitrogens with zero attached hydrogens (tertiary/aromatic N) is 2. The minimum absolute atomic E-state index is 0.122. The zero-order chi connectivity index (χ0) is 17.5. The minimum Gasteiger partial charge on any atom is -0.350 e. The lowest BCUT2D eigenvalue weighted by Gasteiger charge is -2.21. The maximum Gasteiger partial charge on any atom is 0.247 e. The molecule has 3 rings (SSSR count). The summed E-state index contributed by atoms with van der Waals surface area (Å²) in [5.74, 6) is 0.888. The number of hydrogen-bond acceptors (Lipinski definition) is 4. The Labute approximate surface area is 151 Å². The van der Waals surface area contributed by atoms with E-state index in [0.29, 0.717) is 18.2 Å². The van der Waals surface area contributed by atoms with Gasteiger partial charge in [-0.05, 0) is 29.3 Å². The molecule has 6 heteroatoms. The topological polar surface area (TPSA) is 62.3 Å². The van der Waals surface area contributed by atoms with Crippen LogP contribution >= 0.6 is 11.8 Å². The van der Waals surface area contributed by atoms with Gasteiger partial charge in [-0.2, -0.15) is 0 Å². The van der Waals surface area contributed by atoms with Crippen molar-refractivity contribution in [2.75, 3.05) is 11.6 Å². The van der Waals surface area contributed by atoms with Crippen LogP contribution in [-0.4, -0.2) is 39.4 Å². The first-order valence-electron chi connectivity index (χ1n) is 8.02. The number of benzene rings is 1. The normalized spacial score (nSPS) is 17.0. The highest BCUT2D eigenvalue weighted by atomic mass is 32.2. The van der Waals surface area contributed by atoms with Crippen molar-refractivity contribution in [2.45, 2.75) is 12.6 Å². The van der Waals surface area contributed by atoms with Crippen LogP contribution in [0.25, 0.3) is 6.08 Å². The van der Waals surface area contributed by atoms with E-state index in [9.17, 15) is 9.59 Å². The second kappa shape index (κ2) is 8.48. The quantitative estimate of drug-likeness (QED) is 0.838. The summed E-state index contributed by atoms with van der Waals surface area (Å²) in [6.07, 6.45) is 6.69. The Morgan fingerprint density at radius 1 is 1.20 bits per heavy atom. The van der Waals surface area contributed by atoms with E-state index in [1.807, 2.05) is 42.5 Å². The molecule has 2 aromatic rings. The van der Waals surface area contributed by atoms with Crippen LogP contribution in [0.15, 0.2) is 60.9 Å². The van der Waals surface area contributed by atoms with E-state index < -0.39 is 6.04 Å². The Kier molecular flexibility index (Phi) is 5.85. The molecule has 0 saturated carbocycles. The van der Waals surface area contributed by atoms with E-state index in [2.05, 4.69) is 10.3 Å². The van der Waals surface area contributed by atoms with Gasteiger partial charge in [-0.25, -0.2) is 0 Å². The first kappa shape index (κ1) is 17.2. The molecule has 0 bridgehead atoms. The highest BCUT2D eigenvalue weighted by Gasteiger charge is 2.33. The third-order valence-corrected chi connectivity index (χ3v) is 4.91. The van der Waals surface area contributed by atoms with Gasteiger partial charge in [0.25, 0.3) is 0 Å². The standard InChI is InChI=1S/C19H19N3O2S/c23-18(7-6-15-4-2-1-3-5-15)22-14-25-13-17(22)19(24)21-12-16-8-10-20-11-9-16/h1-11,17H,12-14H2,(H,21,24). The van der Waals surface area contributed by atoms with Crippen LogP contribution in [0.4, 0.5) is 0 Å². The predicted molar refractivity (Wildman–Crippen MR) is 99.5 cm³/mol. The summed E-state index contributed by atoms with van der Waals surface area (Å²) < 4.78 is 0. The molecule has 1 aliphatic rings. The molecule has 0 aliphatic carbocycles. The van der Waals surface area contributed by atoms with Gasteiger partial charge < -0.3 is 10.2 Å².